The molecule has 0 heterocycles. The van der Waals surface area contributed by atoms with E-state index in [1.54, 1.807) is 17.8 Å². The highest BCUT2D eigenvalue weighted by Crippen LogP contribution is 2.35. The van der Waals surface area contributed by atoms with E-state index in [4.69, 9.17) is 11.6 Å². The smallest absolute Gasteiger partial charge is 0.0693 e. The summed E-state index contributed by atoms with van der Waals surface area (Å²) in [5, 5.41) is 9.91. The summed E-state index contributed by atoms with van der Waals surface area (Å²) in [4.78, 5) is 1.05. The van der Waals surface area contributed by atoms with Gasteiger partial charge >= 0.3 is 0 Å². The van der Waals surface area contributed by atoms with Crippen LogP contribution in [-0.4, -0.2) is 5.11 Å². The van der Waals surface area contributed by atoms with Gasteiger partial charge in [0.25, 0.3) is 0 Å². The minimum absolute atomic E-state index is 0.0138. The molecule has 2 rings (SSSR count). The van der Waals surface area contributed by atoms with Crippen molar-refractivity contribution in [2.24, 2.45) is 0 Å². The first-order valence-electron chi connectivity index (χ1n) is 5.46. The second-order valence-corrected chi connectivity index (χ2v) is 6.06. The van der Waals surface area contributed by atoms with Crippen molar-refractivity contribution in [3.8, 4) is 0 Å². The molecule has 0 atom stereocenters. The lowest BCUT2D eigenvalue weighted by atomic mass is 10.2. The normalized spacial score (nSPS) is 10.6. The third-order valence-corrected chi connectivity index (χ3v) is 5.01. The Morgan fingerprint density at radius 3 is 2.56 bits per heavy atom. The standard InChI is InChI=1S/C14H12BrClOS/c15-14-11(8-17)6-12(16)7-13(14)18-9-10-4-2-1-3-5-10/h1-7,17H,8-9H2. The molecule has 18 heavy (non-hydrogen) atoms. The average molecular weight is 344 g/mol. The van der Waals surface area contributed by atoms with Gasteiger partial charge in [-0.15, -0.1) is 11.8 Å². The Labute approximate surface area is 124 Å². The number of halogens is 2. The minimum atomic E-state index is -0.0138. The molecule has 1 nitrogen and oxygen atoms in total. The highest BCUT2D eigenvalue weighted by atomic mass is 79.9. The maximum atomic E-state index is 9.25. The van der Waals surface area contributed by atoms with Gasteiger partial charge in [-0.1, -0.05) is 41.9 Å². The molecule has 0 saturated heterocycles. The maximum Gasteiger partial charge on any atom is 0.0693 e. The molecule has 0 aromatic heterocycles. The first-order valence-corrected chi connectivity index (χ1v) is 7.62. The van der Waals surface area contributed by atoms with Crippen LogP contribution in [0.5, 0.6) is 0 Å². The quantitative estimate of drug-likeness (QED) is 0.798. The van der Waals surface area contributed by atoms with Gasteiger partial charge in [0.05, 0.1) is 6.61 Å². The van der Waals surface area contributed by atoms with Crippen LogP contribution < -0.4 is 0 Å². The van der Waals surface area contributed by atoms with Crippen LogP contribution in [0.25, 0.3) is 0 Å². The Hall–Kier alpha value is -0.480. The fourth-order valence-electron chi connectivity index (χ4n) is 1.57. The Balaban J connectivity index is 2.17. The van der Waals surface area contributed by atoms with E-state index in [9.17, 15) is 5.11 Å². The molecule has 0 bridgehead atoms. The van der Waals surface area contributed by atoms with E-state index in [0.717, 1.165) is 20.7 Å². The van der Waals surface area contributed by atoms with Crippen LogP contribution in [0.2, 0.25) is 5.02 Å². The first-order chi connectivity index (χ1) is 8.70. The Bertz CT molecular complexity index is 531. The number of hydrogen-bond acceptors (Lipinski definition) is 2. The van der Waals surface area contributed by atoms with Crippen molar-refractivity contribution in [3.63, 3.8) is 0 Å². The van der Waals surface area contributed by atoms with E-state index < -0.39 is 0 Å². The molecule has 94 valence electrons. The zero-order chi connectivity index (χ0) is 13.0. The summed E-state index contributed by atoms with van der Waals surface area (Å²) in [6, 6.07) is 13.9. The molecule has 0 spiro atoms. The third-order valence-electron chi connectivity index (χ3n) is 2.49. The van der Waals surface area contributed by atoms with Gasteiger partial charge in [-0.05, 0) is 39.2 Å². The van der Waals surface area contributed by atoms with Crippen molar-refractivity contribution in [1.82, 2.24) is 0 Å². The third kappa shape index (κ3) is 3.51. The predicted molar refractivity (Wildman–Crippen MR) is 81.1 cm³/mol. The van der Waals surface area contributed by atoms with Gasteiger partial charge in [0, 0.05) is 20.1 Å². The van der Waals surface area contributed by atoms with Crippen molar-refractivity contribution in [1.29, 1.82) is 0 Å². The van der Waals surface area contributed by atoms with E-state index >= 15 is 0 Å². The second kappa shape index (κ2) is 6.62. The lowest BCUT2D eigenvalue weighted by molar-refractivity contribution is 0.280. The zero-order valence-electron chi connectivity index (χ0n) is 9.57. The van der Waals surface area contributed by atoms with Gasteiger partial charge in [0.15, 0.2) is 0 Å². The Morgan fingerprint density at radius 2 is 1.89 bits per heavy atom. The van der Waals surface area contributed by atoms with Crippen LogP contribution in [0.4, 0.5) is 0 Å². The van der Waals surface area contributed by atoms with E-state index in [1.807, 2.05) is 24.3 Å². The molecule has 0 amide bonds. The molecule has 4 heteroatoms. The SMILES string of the molecule is OCc1cc(Cl)cc(SCc2ccccc2)c1Br. The summed E-state index contributed by atoms with van der Waals surface area (Å²) in [5.74, 6) is 0.880. The van der Waals surface area contributed by atoms with Gasteiger partial charge in [0.2, 0.25) is 0 Å². The lowest BCUT2D eigenvalue weighted by Crippen LogP contribution is -1.89. The van der Waals surface area contributed by atoms with Crippen molar-refractivity contribution < 1.29 is 5.11 Å². The molecule has 1 N–H and O–H groups in total. The fourth-order valence-corrected chi connectivity index (χ4v) is 3.56. The maximum absolute atomic E-state index is 9.25. The summed E-state index contributed by atoms with van der Waals surface area (Å²) in [7, 11) is 0. The predicted octanol–water partition coefficient (Wildman–Crippen LogP) is 4.89. The van der Waals surface area contributed by atoms with Crippen molar-refractivity contribution in [2.75, 3.05) is 0 Å². The van der Waals surface area contributed by atoms with E-state index in [0.29, 0.717) is 5.02 Å². The summed E-state index contributed by atoms with van der Waals surface area (Å²) in [5.41, 5.74) is 2.08. The topological polar surface area (TPSA) is 20.2 Å². The molecule has 2 aromatic carbocycles. The highest BCUT2D eigenvalue weighted by Gasteiger charge is 2.08. The van der Waals surface area contributed by atoms with Crippen LogP contribution in [0.15, 0.2) is 51.8 Å². The lowest BCUT2D eigenvalue weighted by Gasteiger charge is -2.09. The number of aliphatic hydroxyl groups is 1. The molecule has 2 aromatic rings. The molecule has 0 unspecified atom stereocenters. The van der Waals surface area contributed by atoms with Crippen LogP contribution in [0, 0.1) is 0 Å². The van der Waals surface area contributed by atoms with E-state index in [-0.39, 0.29) is 6.61 Å². The van der Waals surface area contributed by atoms with Crippen molar-refractivity contribution >= 4 is 39.3 Å². The second-order valence-electron chi connectivity index (χ2n) is 3.81. The molecule has 0 aliphatic rings. The van der Waals surface area contributed by atoms with E-state index in [2.05, 4.69) is 28.1 Å². The average Bonchev–Trinajstić information content (AvgIpc) is 2.40. The molecular weight excluding hydrogens is 332 g/mol. The number of hydrogen-bond donors (Lipinski definition) is 1. The summed E-state index contributed by atoms with van der Waals surface area (Å²) < 4.78 is 0.926. The molecule has 0 fully saturated rings. The molecule has 0 radical (unpaired) electrons. The Morgan fingerprint density at radius 1 is 1.17 bits per heavy atom. The number of aliphatic hydroxyl groups excluding tert-OH is 1. The fraction of sp³-hybridized carbons (Fsp3) is 0.143. The largest absolute Gasteiger partial charge is 0.392 e. The van der Waals surface area contributed by atoms with Gasteiger partial charge in [-0.25, -0.2) is 0 Å². The molecule has 0 aliphatic carbocycles. The van der Waals surface area contributed by atoms with Crippen LogP contribution in [-0.2, 0) is 12.4 Å². The van der Waals surface area contributed by atoms with Gasteiger partial charge < -0.3 is 5.11 Å². The van der Waals surface area contributed by atoms with Crippen LogP contribution in [0.3, 0.4) is 0 Å². The zero-order valence-corrected chi connectivity index (χ0v) is 12.7. The number of rotatable bonds is 4. The van der Waals surface area contributed by atoms with Gasteiger partial charge in [0.1, 0.15) is 0 Å². The summed E-state index contributed by atoms with van der Waals surface area (Å²) >= 11 is 11.2. The van der Waals surface area contributed by atoms with E-state index in [1.165, 1.54) is 5.56 Å². The summed E-state index contributed by atoms with van der Waals surface area (Å²) in [6.07, 6.45) is 0. The van der Waals surface area contributed by atoms with Crippen molar-refractivity contribution in [2.45, 2.75) is 17.3 Å². The van der Waals surface area contributed by atoms with Gasteiger partial charge in [-0.3, -0.25) is 0 Å². The first kappa shape index (κ1) is 13.9. The number of benzene rings is 2. The summed E-state index contributed by atoms with van der Waals surface area (Å²) in [6.45, 7) is -0.0138. The Kier molecular flexibility index (Phi) is 5.13. The number of thioether (sulfide) groups is 1. The monoisotopic (exact) mass is 342 g/mol. The molecular formula is C14H12BrClOS. The van der Waals surface area contributed by atoms with Crippen LogP contribution >= 0.6 is 39.3 Å². The highest BCUT2D eigenvalue weighted by molar-refractivity contribution is 9.10. The minimum Gasteiger partial charge on any atom is -0.392 e. The van der Waals surface area contributed by atoms with Crippen molar-refractivity contribution in [3.05, 3.63) is 63.1 Å². The van der Waals surface area contributed by atoms with Crippen LogP contribution in [0.1, 0.15) is 11.1 Å². The molecule has 0 saturated carbocycles. The molecule has 0 aliphatic heterocycles. The van der Waals surface area contributed by atoms with Gasteiger partial charge in [-0.2, -0.15) is 0 Å².